The first-order valence-electron chi connectivity index (χ1n) is 10.6. The molecule has 1 aliphatic carbocycles. The lowest BCUT2D eigenvalue weighted by atomic mass is 9.77. The summed E-state index contributed by atoms with van der Waals surface area (Å²) in [6.45, 7) is 0. The molecule has 2 aromatic carbocycles. The number of nitro groups is 1. The molecule has 34 heavy (non-hydrogen) atoms. The second kappa shape index (κ2) is 8.18. The van der Waals surface area contributed by atoms with Gasteiger partial charge in [0.25, 0.3) is 5.69 Å². The fraction of sp³-hybridized carbons (Fsp3) is 0.261. The van der Waals surface area contributed by atoms with E-state index in [1.807, 2.05) is 18.2 Å². The van der Waals surface area contributed by atoms with Gasteiger partial charge in [0.2, 0.25) is 11.9 Å². The Balaban J connectivity index is 1.61. The predicted octanol–water partition coefficient (Wildman–Crippen LogP) is 3.20. The van der Waals surface area contributed by atoms with Crippen molar-refractivity contribution in [2.24, 2.45) is 0 Å². The summed E-state index contributed by atoms with van der Waals surface area (Å²) in [4.78, 5) is 29.1. The normalized spacial score (nSPS) is 19.2. The molecule has 2 heterocycles. The molecule has 2 unspecified atom stereocenters. The molecule has 0 spiro atoms. The molecule has 0 radical (unpaired) electrons. The van der Waals surface area contributed by atoms with Gasteiger partial charge < -0.3 is 20.5 Å². The number of hydrogen-bond donors (Lipinski definition) is 2. The van der Waals surface area contributed by atoms with Crippen molar-refractivity contribution in [1.29, 1.82) is 0 Å². The van der Waals surface area contributed by atoms with Crippen LogP contribution in [0.5, 0.6) is 11.5 Å². The van der Waals surface area contributed by atoms with Crippen LogP contribution in [0.25, 0.3) is 0 Å². The van der Waals surface area contributed by atoms with Crippen molar-refractivity contribution in [3.05, 3.63) is 75.0 Å². The number of ketones is 1. The number of nitrogens with two attached hydrogens (primary N) is 1. The zero-order valence-electron chi connectivity index (χ0n) is 18.5. The van der Waals surface area contributed by atoms with Gasteiger partial charge >= 0.3 is 0 Å². The minimum atomic E-state index is -0.809. The molecule has 11 heteroatoms. The Morgan fingerprint density at radius 1 is 1.15 bits per heavy atom. The first kappa shape index (κ1) is 21.4. The summed E-state index contributed by atoms with van der Waals surface area (Å²) in [5.41, 5.74) is 8.11. The van der Waals surface area contributed by atoms with Crippen molar-refractivity contribution in [3.63, 3.8) is 0 Å². The van der Waals surface area contributed by atoms with Crippen molar-refractivity contribution in [2.75, 3.05) is 25.3 Å². The highest BCUT2D eigenvalue weighted by atomic mass is 16.6. The number of nitrogens with zero attached hydrogens (tertiary/aromatic N) is 4. The number of benzene rings is 2. The zero-order chi connectivity index (χ0) is 24.0. The van der Waals surface area contributed by atoms with Crippen LogP contribution < -0.4 is 20.5 Å². The molecule has 174 valence electrons. The van der Waals surface area contributed by atoms with Crippen LogP contribution in [-0.2, 0) is 4.79 Å². The van der Waals surface area contributed by atoms with Gasteiger partial charge in [0.1, 0.15) is 6.04 Å². The van der Waals surface area contributed by atoms with Crippen LogP contribution in [0.3, 0.4) is 0 Å². The minimum Gasteiger partial charge on any atom is -0.493 e. The molecule has 0 saturated heterocycles. The number of methoxy groups -OCH3 is 2. The fourth-order valence-electron chi connectivity index (χ4n) is 4.74. The van der Waals surface area contributed by atoms with Gasteiger partial charge in [-0.25, -0.2) is 4.68 Å². The number of ether oxygens (including phenoxy) is 2. The van der Waals surface area contributed by atoms with E-state index in [1.165, 1.54) is 10.7 Å². The minimum absolute atomic E-state index is 0.00909. The third kappa shape index (κ3) is 3.41. The maximum absolute atomic E-state index is 13.6. The molecular weight excluding hydrogens is 440 g/mol. The molecule has 3 aromatic rings. The van der Waals surface area contributed by atoms with Crippen molar-refractivity contribution < 1.29 is 19.2 Å². The molecule has 2 atom stereocenters. The summed E-state index contributed by atoms with van der Waals surface area (Å²) in [5, 5.41) is 19.2. The quantitative estimate of drug-likeness (QED) is 0.431. The number of hydrogen-bond acceptors (Lipinski definition) is 9. The number of anilines is 2. The number of carbonyl (C=O) groups is 1. The lowest BCUT2D eigenvalue weighted by Crippen LogP contribution is -2.34. The lowest BCUT2D eigenvalue weighted by Gasteiger charge is -2.35. The van der Waals surface area contributed by atoms with Crippen LogP contribution in [0.1, 0.15) is 35.9 Å². The van der Waals surface area contributed by atoms with Gasteiger partial charge in [0, 0.05) is 23.8 Å². The molecule has 1 aliphatic heterocycles. The third-order valence-corrected chi connectivity index (χ3v) is 6.24. The Kier molecular flexibility index (Phi) is 5.16. The van der Waals surface area contributed by atoms with E-state index < -0.39 is 11.0 Å². The van der Waals surface area contributed by atoms with Gasteiger partial charge in [-0.05, 0) is 36.1 Å². The average Bonchev–Trinajstić information content (AvgIpc) is 3.21. The number of para-hydroxylation sites is 1. The fourth-order valence-corrected chi connectivity index (χ4v) is 4.74. The first-order chi connectivity index (χ1) is 16.4. The number of carbonyl (C=O) groups excluding carboxylic acids is 1. The Morgan fingerprint density at radius 3 is 2.65 bits per heavy atom. The van der Waals surface area contributed by atoms with Gasteiger partial charge in [-0.3, -0.25) is 14.9 Å². The SMILES string of the molecule is COc1ccc(C2CC(=O)C3=C(C2)Nc2nc(N)nn2C3c2ccccc2[N+](=O)[O-])cc1OC. The van der Waals surface area contributed by atoms with E-state index >= 15 is 0 Å². The highest BCUT2D eigenvalue weighted by Crippen LogP contribution is 2.46. The van der Waals surface area contributed by atoms with E-state index in [4.69, 9.17) is 15.2 Å². The summed E-state index contributed by atoms with van der Waals surface area (Å²) in [7, 11) is 3.13. The predicted molar refractivity (Wildman–Crippen MR) is 123 cm³/mol. The van der Waals surface area contributed by atoms with Crippen LogP contribution in [0.15, 0.2) is 53.7 Å². The van der Waals surface area contributed by atoms with E-state index in [9.17, 15) is 14.9 Å². The monoisotopic (exact) mass is 462 g/mol. The highest BCUT2D eigenvalue weighted by Gasteiger charge is 2.42. The second-order valence-corrected chi connectivity index (χ2v) is 8.12. The Bertz CT molecular complexity index is 1350. The largest absolute Gasteiger partial charge is 0.493 e. The Morgan fingerprint density at radius 2 is 1.91 bits per heavy atom. The van der Waals surface area contributed by atoms with E-state index in [-0.39, 0.29) is 29.8 Å². The first-order valence-corrected chi connectivity index (χ1v) is 10.6. The van der Waals surface area contributed by atoms with Crippen LogP contribution in [-0.4, -0.2) is 39.7 Å². The summed E-state index contributed by atoms with van der Waals surface area (Å²) in [6.07, 6.45) is 0.729. The van der Waals surface area contributed by atoms with Crippen molar-refractivity contribution in [2.45, 2.75) is 24.8 Å². The lowest BCUT2D eigenvalue weighted by molar-refractivity contribution is -0.385. The number of Topliss-reactive ketones (excluding diaryl/α,β-unsaturated/α-hetero) is 1. The zero-order valence-corrected chi connectivity index (χ0v) is 18.5. The van der Waals surface area contributed by atoms with E-state index in [0.29, 0.717) is 40.7 Å². The summed E-state index contributed by atoms with van der Waals surface area (Å²) in [6, 6.07) is 11.1. The summed E-state index contributed by atoms with van der Waals surface area (Å²) >= 11 is 0. The maximum Gasteiger partial charge on any atom is 0.275 e. The van der Waals surface area contributed by atoms with Gasteiger partial charge in [0.15, 0.2) is 17.3 Å². The highest BCUT2D eigenvalue weighted by molar-refractivity contribution is 6.00. The van der Waals surface area contributed by atoms with Crippen molar-refractivity contribution in [1.82, 2.24) is 14.8 Å². The Labute approximate surface area is 194 Å². The number of nitrogen functional groups attached to an aromatic ring is 1. The molecule has 0 bridgehead atoms. The van der Waals surface area contributed by atoms with Crippen LogP contribution in [0, 0.1) is 10.1 Å². The Hall–Kier alpha value is -4.41. The van der Waals surface area contributed by atoms with E-state index in [1.54, 1.807) is 32.4 Å². The summed E-state index contributed by atoms with van der Waals surface area (Å²) in [5.74, 6) is 1.27. The topological polar surface area (TPSA) is 147 Å². The van der Waals surface area contributed by atoms with Crippen molar-refractivity contribution >= 4 is 23.4 Å². The van der Waals surface area contributed by atoms with Gasteiger partial charge in [-0.15, -0.1) is 5.10 Å². The van der Waals surface area contributed by atoms with Crippen LogP contribution in [0.2, 0.25) is 0 Å². The molecule has 5 rings (SSSR count). The molecule has 0 amide bonds. The third-order valence-electron chi connectivity index (χ3n) is 6.24. The van der Waals surface area contributed by atoms with Crippen LogP contribution >= 0.6 is 0 Å². The number of allylic oxidation sites excluding steroid dienone is 2. The van der Waals surface area contributed by atoms with Gasteiger partial charge in [-0.2, -0.15) is 4.98 Å². The summed E-state index contributed by atoms with van der Waals surface area (Å²) < 4.78 is 12.2. The van der Waals surface area contributed by atoms with Crippen LogP contribution in [0.4, 0.5) is 17.6 Å². The number of aromatic nitrogens is 3. The van der Waals surface area contributed by atoms with Gasteiger partial charge in [-0.1, -0.05) is 18.2 Å². The number of fused-ring (bicyclic) bond motifs is 1. The maximum atomic E-state index is 13.6. The molecule has 0 saturated carbocycles. The second-order valence-electron chi connectivity index (χ2n) is 8.12. The van der Waals surface area contributed by atoms with E-state index in [2.05, 4.69) is 15.4 Å². The number of nitrogens with one attached hydrogen (secondary N) is 1. The van der Waals surface area contributed by atoms with Gasteiger partial charge in [0.05, 0.1) is 24.7 Å². The number of nitro benzene ring substituents is 1. The molecular formula is C23H22N6O5. The smallest absolute Gasteiger partial charge is 0.275 e. The molecule has 11 nitrogen and oxygen atoms in total. The van der Waals surface area contributed by atoms with Crippen molar-refractivity contribution in [3.8, 4) is 11.5 Å². The molecule has 1 aromatic heterocycles. The average molecular weight is 462 g/mol. The molecule has 0 fully saturated rings. The van der Waals surface area contributed by atoms with E-state index in [0.717, 1.165) is 5.56 Å². The standard InChI is InChI=1S/C23H22N6O5/c1-33-18-8-7-12(11-19(18)34-2)13-9-15-20(17(30)10-13)21(28-23(25-15)26-22(24)27-28)14-5-3-4-6-16(14)29(31)32/h3-8,11,13,21H,9-10H2,1-2H3,(H3,24,25,26,27). The molecule has 3 N–H and O–H groups in total. The number of rotatable bonds is 5. The molecule has 2 aliphatic rings.